The summed E-state index contributed by atoms with van der Waals surface area (Å²) in [4.78, 5) is 10.3. The second-order valence-corrected chi connectivity index (χ2v) is 7.11. The molecule has 2 aliphatic carbocycles. The fourth-order valence-electron chi connectivity index (χ4n) is 4.30. The zero-order valence-electron chi connectivity index (χ0n) is 12.3. The molecule has 1 aromatic carbocycles. The molecule has 20 heavy (non-hydrogen) atoms. The summed E-state index contributed by atoms with van der Waals surface area (Å²) in [7, 11) is 0. The van der Waals surface area contributed by atoms with Crippen molar-refractivity contribution in [3.05, 3.63) is 34.4 Å². The van der Waals surface area contributed by atoms with E-state index in [9.17, 15) is 10.1 Å². The van der Waals surface area contributed by atoms with Gasteiger partial charge in [0.05, 0.1) is 4.92 Å². The maximum Gasteiger partial charge on any atom is 0.269 e. The summed E-state index contributed by atoms with van der Waals surface area (Å²) in [5.74, 6) is 0.794. The highest BCUT2D eigenvalue weighted by atomic mass is 16.6. The van der Waals surface area contributed by atoms with Crippen molar-refractivity contribution in [1.29, 1.82) is 0 Å². The van der Waals surface area contributed by atoms with E-state index in [4.69, 9.17) is 0 Å². The van der Waals surface area contributed by atoms with E-state index in [-0.39, 0.29) is 10.6 Å². The molecule has 3 atom stereocenters. The van der Waals surface area contributed by atoms with Gasteiger partial charge in [0.25, 0.3) is 5.69 Å². The second kappa shape index (κ2) is 4.21. The number of benzene rings is 1. The molecule has 1 N–H and O–H groups in total. The average molecular weight is 274 g/mol. The molecule has 2 fully saturated rings. The van der Waals surface area contributed by atoms with Crippen LogP contribution in [0.15, 0.2) is 24.3 Å². The van der Waals surface area contributed by atoms with E-state index in [0.29, 0.717) is 16.9 Å². The number of nitro groups is 1. The number of rotatable bonds is 3. The van der Waals surface area contributed by atoms with E-state index in [1.807, 2.05) is 12.1 Å². The van der Waals surface area contributed by atoms with Crippen LogP contribution in [-0.2, 0) is 0 Å². The highest BCUT2D eigenvalue weighted by Crippen LogP contribution is 2.65. The highest BCUT2D eigenvalue weighted by molar-refractivity contribution is 5.50. The summed E-state index contributed by atoms with van der Waals surface area (Å²) in [6.07, 6.45) is 3.82. The van der Waals surface area contributed by atoms with Crippen LogP contribution >= 0.6 is 0 Å². The number of nitrogens with zero attached hydrogens (tertiary/aromatic N) is 1. The van der Waals surface area contributed by atoms with Gasteiger partial charge in [-0.05, 0) is 48.1 Å². The molecule has 2 saturated carbocycles. The lowest BCUT2D eigenvalue weighted by molar-refractivity contribution is -0.384. The Kier molecular flexibility index (Phi) is 2.82. The molecule has 4 heteroatoms. The normalized spacial score (nSPS) is 34.1. The highest BCUT2D eigenvalue weighted by Gasteiger charge is 2.61. The van der Waals surface area contributed by atoms with Gasteiger partial charge in [0.1, 0.15) is 0 Å². The first kappa shape index (κ1) is 13.4. The van der Waals surface area contributed by atoms with Gasteiger partial charge < -0.3 is 5.32 Å². The number of nitrogens with one attached hydrogen (secondary N) is 1. The van der Waals surface area contributed by atoms with E-state index in [0.717, 1.165) is 11.6 Å². The summed E-state index contributed by atoms with van der Waals surface area (Å²) in [6, 6.07) is 7.25. The van der Waals surface area contributed by atoms with Crippen LogP contribution in [0, 0.1) is 26.9 Å². The SMILES string of the molecule is CC1(C)C2CCC1(C)C(Nc1ccc([N+](=O)[O-])cc1)C2. The first-order valence-corrected chi connectivity index (χ1v) is 7.35. The van der Waals surface area contributed by atoms with E-state index in [1.54, 1.807) is 12.1 Å². The Morgan fingerprint density at radius 3 is 2.35 bits per heavy atom. The van der Waals surface area contributed by atoms with Crippen LogP contribution < -0.4 is 5.32 Å². The molecule has 2 bridgehead atoms. The maximum atomic E-state index is 10.7. The minimum Gasteiger partial charge on any atom is -0.382 e. The van der Waals surface area contributed by atoms with Gasteiger partial charge in [-0.1, -0.05) is 20.8 Å². The van der Waals surface area contributed by atoms with Gasteiger partial charge in [0, 0.05) is 23.9 Å². The van der Waals surface area contributed by atoms with Crippen LogP contribution in [0.25, 0.3) is 0 Å². The standard InChI is InChI=1S/C16H22N2O2/c1-15(2)11-8-9-16(15,3)14(10-11)17-12-4-6-13(7-5-12)18(19)20/h4-7,11,14,17H,8-10H2,1-3H3. The molecule has 108 valence electrons. The molecule has 0 spiro atoms. The molecular formula is C16H22N2O2. The molecule has 2 aliphatic rings. The average Bonchev–Trinajstić information content (AvgIpc) is 2.72. The summed E-state index contributed by atoms with van der Waals surface area (Å²) in [5, 5.41) is 14.3. The third-order valence-corrected chi connectivity index (χ3v) is 6.21. The number of anilines is 1. The summed E-state index contributed by atoms with van der Waals surface area (Å²) >= 11 is 0. The molecule has 0 aliphatic heterocycles. The van der Waals surface area contributed by atoms with Gasteiger partial charge in [-0.15, -0.1) is 0 Å². The van der Waals surface area contributed by atoms with Crippen molar-refractivity contribution in [3.8, 4) is 0 Å². The van der Waals surface area contributed by atoms with Crippen molar-refractivity contribution in [2.75, 3.05) is 5.32 Å². The van der Waals surface area contributed by atoms with Crippen LogP contribution in [-0.4, -0.2) is 11.0 Å². The first-order valence-electron chi connectivity index (χ1n) is 7.35. The number of hydrogen-bond acceptors (Lipinski definition) is 3. The third kappa shape index (κ3) is 1.74. The molecule has 1 aromatic rings. The molecule has 0 amide bonds. The molecular weight excluding hydrogens is 252 g/mol. The van der Waals surface area contributed by atoms with Crippen molar-refractivity contribution in [2.24, 2.45) is 16.7 Å². The summed E-state index contributed by atoms with van der Waals surface area (Å²) in [5.41, 5.74) is 1.84. The predicted molar refractivity (Wildman–Crippen MR) is 79.7 cm³/mol. The first-order chi connectivity index (χ1) is 9.34. The van der Waals surface area contributed by atoms with Gasteiger partial charge in [-0.2, -0.15) is 0 Å². The molecule has 3 rings (SSSR count). The van der Waals surface area contributed by atoms with Crippen LogP contribution in [0.1, 0.15) is 40.0 Å². The summed E-state index contributed by atoms with van der Waals surface area (Å²) in [6.45, 7) is 7.17. The Morgan fingerprint density at radius 2 is 1.90 bits per heavy atom. The minimum atomic E-state index is -0.355. The lowest BCUT2D eigenvalue weighted by Crippen LogP contribution is -2.40. The number of fused-ring (bicyclic) bond motifs is 2. The van der Waals surface area contributed by atoms with Crippen molar-refractivity contribution in [1.82, 2.24) is 0 Å². The van der Waals surface area contributed by atoms with Crippen molar-refractivity contribution in [2.45, 2.75) is 46.1 Å². The van der Waals surface area contributed by atoms with Crippen LogP contribution in [0.4, 0.5) is 11.4 Å². The molecule has 3 unspecified atom stereocenters. The van der Waals surface area contributed by atoms with Crippen molar-refractivity contribution >= 4 is 11.4 Å². The lowest BCUT2D eigenvalue weighted by Gasteiger charge is -2.39. The van der Waals surface area contributed by atoms with Crippen molar-refractivity contribution in [3.63, 3.8) is 0 Å². The van der Waals surface area contributed by atoms with Gasteiger partial charge in [0.2, 0.25) is 0 Å². The lowest BCUT2D eigenvalue weighted by atomic mass is 9.69. The van der Waals surface area contributed by atoms with Gasteiger partial charge in [-0.3, -0.25) is 10.1 Å². The fraction of sp³-hybridized carbons (Fsp3) is 0.625. The smallest absolute Gasteiger partial charge is 0.269 e. The van der Waals surface area contributed by atoms with Crippen LogP contribution in [0.3, 0.4) is 0 Å². The Bertz CT molecular complexity index is 538. The number of nitro benzene ring substituents is 1. The summed E-state index contributed by atoms with van der Waals surface area (Å²) < 4.78 is 0. The van der Waals surface area contributed by atoms with E-state index < -0.39 is 0 Å². The maximum absolute atomic E-state index is 10.7. The Morgan fingerprint density at radius 1 is 1.25 bits per heavy atom. The fourth-order valence-corrected chi connectivity index (χ4v) is 4.30. The number of hydrogen-bond donors (Lipinski definition) is 1. The molecule has 0 radical (unpaired) electrons. The third-order valence-electron chi connectivity index (χ3n) is 6.21. The Labute approximate surface area is 119 Å². The van der Waals surface area contributed by atoms with Gasteiger partial charge >= 0.3 is 0 Å². The molecule has 0 aromatic heterocycles. The van der Waals surface area contributed by atoms with Crippen LogP contribution in [0.5, 0.6) is 0 Å². The Hall–Kier alpha value is -1.58. The van der Waals surface area contributed by atoms with Crippen molar-refractivity contribution < 1.29 is 4.92 Å². The van der Waals surface area contributed by atoms with E-state index in [1.165, 1.54) is 19.3 Å². The molecule has 0 saturated heterocycles. The largest absolute Gasteiger partial charge is 0.382 e. The van der Waals surface area contributed by atoms with E-state index >= 15 is 0 Å². The second-order valence-electron chi connectivity index (χ2n) is 7.11. The molecule has 0 heterocycles. The molecule has 4 nitrogen and oxygen atoms in total. The van der Waals surface area contributed by atoms with Crippen LogP contribution in [0.2, 0.25) is 0 Å². The number of non-ortho nitro benzene ring substituents is 1. The zero-order valence-corrected chi connectivity index (χ0v) is 12.3. The predicted octanol–water partition coefficient (Wildman–Crippen LogP) is 4.22. The topological polar surface area (TPSA) is 55.2 Å². The monoisotopic (exact) mass is 274 g/mol. The van der Waals surface area contributed by atoms with E-state index in [2.05, 4.69) is 26.1 Å². The quantitative estimate of drug-likeness (QED) is 0.663. The Balaban J connectivity index is 1.78. The zero-order chi connectivity index (χ0) is 14.5. The minimum absolute atomic E-state index is 0.148. The van der Waals surface area contributed by atoms with Gasteiger partial charge in [-0.25, -0.2) is 0 Å². The van der Waals surface area contributed by atoms with Gasteiger partial charge in [0.15, 0.2) is 0 Å².